The summed E-state index contributed by atoms with van der Waals surface area (Å²) in [5, 5.41) is 1.85. The first-order valence-electron chi connectivity index (χ1n) is 7.96. The van der Waals surface area contributed by atoms with Crippen LogP contribution in [0.25, 0.3) is 0 Å². The molecular formula is C15H21NO8S. The van der Waals surface area contributed by atoms with Crippen molar-refractivity contribution in [1.29, 1.82) is 0 Å². The fourth-order valence-corrected chi connectivity index (χ4v) is 5.43. The van der Waals surface area contributed by atoms with Crippen LogP contribution in [0.15, 0.2) is 12.2 Å². The largest absolute Gasteiger partial charge is 0.462 e. The van der Waals surface area contributed by atoms with Crippen LogP contribution in [0.5, 0.6) is 0 Å². The maximum absolute atomic E-state index is 12.0. The predicted octanol–water partition coefficient (Wildman–Crippen LogP) is -0.734. The molecule has 0 spiro atoms. The van der Waals surface area contributed by atoms with Gasteiger partial charge in [-0.1, -0.05) is 6.58 Å². The van der Waals surface area contributed by atoms with Gasteiger partial charge in [0.1, 0.15) is 36.3 Å². The summed E-state index contributed by atoms with van der Waals surface area (Å²) in [6, 6.07) is 0. The third kappa shape index (κ3) is 3.19. The number of amides is 1. The van der Waals surface area contributed by atoms with E-state index in [1.54, 1.807) is 13.8 Å². The number of fused-ring (bicyclic) bond motifs is 1. The van der Waals surface area contributed by atoms with E-state index in [1.807, 2.05) is 0 Å². The van der Waals surface area contributed by atoms with E-state index in [4.69, 9.17) is 18.4 Å². The standard InChI is InChI=1S/C15H21NO8S/c1-8(2)14(18)16-4-5-21-11(17)7-22-12-9-6-10-15(3,23-9)13(12)24-25(10,19)20/h9-10,12-13H,1,4-7H2,2-3H3,(H,16,18). The van der Waals surface area contributed by atoms with Crippen molar-refractivity contribution in [3.05, 3.63) is 12.2 Å². The summed E-state index contributed by atoms with van der Waals surface area (Å²) in [4.78, 5) is 23.0. The average Bonchev–Trinajstić information content (AvgIpc) is 3.03. The number of carbonyl (C=O) groups excluding carboxylic acids is 2. The fourth-order valence-electron chi connectivity index (χ4n) is 3.52. The smallest absolute Gasteiger partial charge is 0.332 e. The van der Waals surface area contributed by atoms with Crippen LogP contribution in [0.3, 0.4) is 0 Å². The highest BCUT2D eigenvalue weighted by molar-refractivity contribution is 7.87. The van der Waals surface area contributed by atoms with Crippen molar-refractivity contribution in [3.8, 4) is 0 Å². The molecular weight excluding hydrogens is 354 g/mol. The lowest BCUT2D eigenvalue weighted by Gasteiger charge is -2.26. The van der Waals surface area contributed by atoms with Crippen LogP contribution < -0.4 is 5.32 Å². The van der Waals surface area contributed by atoms with Gasteiger partial charge in [0.2, 0.25) is 5.91 Å². The number of esters is 1. The van der Waals surface area contributed by atoms with Crippen LogP contribution in [-0.2, 0) is 38.1 Å². The molecule has 2 bridgehead atoms. The maximum atomic E-state index is 12.0. The van der Waals surface area contributed by atoms with E-state index in [-0.39, 0.29) is 25.7 Å². The highest BCUT2D eigenvalue weighted by Gasteiger charge is 2.73. The Morgan fingerprint density at radius 2 is 2.12 bits per heavy atom. The van der Waals surface area contributed by atoms with Gasteiger partial charge in [-0.05, 0) is 20.3 Å². The molecule has 10 heteroatoms. The van der Waals surface area contributed by atoms with E-state index in [0.717, 1.165) is 0 Å². The Balaban J connectivity index is 1.44. The Morgan fingerprint density at radius 1 is 1.40 bits per heavy atom. The Bertz CT molecular complexity index is 704. The van der Waals surface area contributed by atoms with Gasteiger partial charge in [-0.2, -0.15) is 8.42 Å². The molecule has 140 valence electrons. The number of rotatable bonds is 7. The molecule has 3 aliphatic heterocycles. The van der Waals surface area contributed by atoms with Crippen molar-refractivity contribution in [2.75, 3.05) is 19.8 Å². The van der Waals surface area contributed by atoms with Crippen LogP contribution in [-0.4, -0.2) is 69.2 Å². The molecule has 0 aromatic rings. The highest BCUT2D eigenvalue weighted by atomic mass is 32.2. The van der Waals surface area contributed by atoms with Crippen molar-refractivity contribution in [3.63, 3.8) is 0 Å². The zero-order chi connectivity index (χ0) is 18.4. The summed E-state index contributed by atoms with van der Waals surface area (Å²) in [5.41, 5.74) is -0.561. The van der Waals surface area contributed by atoms with Crippen LogP contribution in [0.1, 0.15) is 20.3 Å². The van der Waals surface area contributed by atoms with Crippen molar-refractivity contribution < 1.29 is 36.4 Å². The maximum Gasteiger partial charge on any atom is 0.332 e. The second-order valence-corrected chi connectivity index (χ2v) is 8.35. The molecule has 3 heterocycles. The molecule has 3 fully saturated rings. The zero-order valence-corrected chi connectivity index (χ0v) is 14.8. The number of ether oxygens (including phenoxy) is 3. The molecule has 9 nitrogen and oxygen atoms in total. The summed E-state index contributed by atoms with van der Waals surface area (Å²) in [6.45, 7) is 6.57. The predicted molar refractivity (Wildman–Crippen MR) is 84.0 cm³/mol. The van der Waals surface area contributed by atoms with Crippen LogP contribution in [0.4, 0.5) is 0 Å². The van der Waals surface area contributed by atoms with Gasteiger partial charge in [-0.15, -0.1) is 0 Å². The molecule has 5 unspecified atom stereocenters. The Hall–Kier alpha value is -1.49. The first-order valence-corrected chi connectivity index (χ1v) is 9.43. The van der Waals surface area contributed by atoms with E-state index in [1.165, 1.54) is 0 Å². The molecule has 0 aliphatic carbocycles. The quantitative estimate of drug-likeness (QED) is 0.268. The topological polar surface area (TPSA) is 117 Å². The van der Waals surface area contributed by atoms with Gasteiger partial charge in [-0.3, -0.25) is 8.98 Å². The van der Waals surface area contributed by atoms with E-state index in [0.29, 0.717) is 12.0 Å². The monoisotopic (exact) mass is 375 g/mol. The second kappa shape index (κ2) is 6.35. The minimum absolute atomic E-state index is 0.0000935. The summed E-state index contributed by atoms with van der Waals surface area (Å²) in [7, 11) is -3.66. The first-order chi connectivity index (χ1) is 11.6. The minimum Gasteiger partial charge on any atom is -0.462 e. The Labute approximate surface area is 145 Å². The molecule has 1 amide bonds. The van der Waals surface area contributed by atoms with E-state index < -0.39 is 45.3 Å². The van der Waals surface area contributed by atoms with Crippen LogP contribution >= 0.6 is 0 Å². The van der Waals surface area contributed by atoms with Crippen molar-refractivity contribution >= 4 is 22.0 Å². The van der Waals surface area contributed by atoms with Gasteiger partial charge in [0.25, 0.3) is 10.1 Å². The molecule has 0 aromatic heterocycles. The van der Waals surface area contributed by atoms with E-state index >= 15 is 0 Å². The zero-order valence-electron chi connectivity index (χ0n) is 14.0. The molecule has 3 aliphatic rings. The molecule has 1 N–H and O–H groups in total. The van der Waals surface area contributed by atoms with E-state index in [2.05, 4.69) is 11.9 Å². The molecule has 0 radical (unpaired) electrons. The van der Waals surface area contributed by atoms with Crippen molar-refractivity contribution in [2.24, 2.45) is 0 Å². The van der Waals surface area contributed by atoms with Crippen LogP contribution in [0, 0.1) is 0 Å². The van der Waals surface area contributed by atoms with Gasteiger partial charge in [0, 0.05) is 5.57 Å². The lowest BCUT2D eigenvalue weighted by atomic mass is 9.85. The number of carbonyl (C=O) groups is 2. The third-order valence-electron chi connectivity index (χ3n) is 4.74. The summed E-state index contributed by atoms with van der Waals surface area (Å²) in [5.74, 6) is -0.927. The Morgan fingerprint density at radius 3 is 2.80 bits per heavy atom. The lowest BCUT2D eigenvalue weighted by Crippen LogP contribution is -2.48. The average molecular weight is 375 g/mol. The number of nitrogens with one attached hydrogen (secondary N) is 1. The van der Waals surface area contributed by atoms with Gasteiger partial charge in [0.05, 0.1) is 12.6 Å². The molecule has 5 atom stereocenters. The first kappa shape index (κ1) is 18.3. The van der Waals surface area contributed by atoms with Crippen molar-refractivity contribution in [2.45, 2.75) is 49.4 Å². The molecule has 3 rings (SSSR count). The molecule has 3 saturated heterocycles. The molecule has 25 heavy (non-hydrogen) atoms. The van der Waals surface area contributed by atoms with Gasteiger partial charge in [0.15, 0.2) is 0 Å². The summed E-state index contributed by atoms with van der Waals surface area (Å²) < 4.78 is 45.2. The van der Waals surface area contributed by atoms with Gasteiger partial charge in [-0.25, -0.2) is 4.79 Å². The number of hydrogen-bond donors (Lipinski definition) is 1. The Kier molecular flexibility index (Phi) is 4.65. The lowest BCUT2D eigenvalue weighted by molar-refractivity contribution is -0.153. The highest BCUT2D eigenvalue weighted by Crippen LogP contribution is 2.54. The second-order valence-electron chi connectivity index (χ2n) is 6.61. The van der Waals surface area contributed by atoms with Gasteiger partial charge < -0.3 is 19.5 Å². The number of hydrogen-bond acceptors (Lipinski definition) is 8. The normalized spacial score (nSPS) is 37.0. The van der Waals surface area contributed by atoms with Crippen LogP contribution in [0.2, 0.25) is 0 Å². The fraction of sp³-hybridized carbons (Fsp3) is 0.733. The summed E-state index contributed by atoms with van der Waals surface area (Å²) in [6.07, 6.45) is -1.50. The van der Waals surface area contributed by atoms with Gasteiger partial charge >= 0.3 is 5.97 Å². The molecule has 0 saturated carbocycles. The summed E-state index contributed by atoms with van der Waals surface area (Å²) >= 11 is 0. The van der Waals surface area contributed by atoms with Crippen molar-refractivity contribution in [1.82, 2.24) is 5.32 Å². The molecule has 0 aromatic carbocycles. The third-order valence-corrected chi connectivity index (χ3v) is 6.57. The van der Waals surface area contributed by atoms with E-state index in [9.17, 15) is 18.0 Å². The minimum atomic E-state index is -3.66. The SMILES string of the molecule is C=C(C)C(=O)NCCOC(=O)COC1C2CC3C(C)(O2)C1OS3(=O)=O.